The van der Waals surface area contributed by atoms with Gasteiger partial charge in [0.15, 0.2) is 0 Å². The number of rotatable bonds is 8. The molecule has 25 heavy (non-hydrogen) atoms. The van der Waals surface area contributed by atoms with E-state index in [4.69, 9.17) is 5.73 Å². The third-order valence-corrected chi connectivity index (χ3v) is 5.81. The predicted molar refractivity (Wildman–Crippen MR) is 100 cm³/mol. The summed E-state index contributed by atoms with van der Waals surface area (Å²) in [6, 6.07) is 4.00. The summed E-state index contributed by atoms with van der Waals surface area (Å²) in [7, 11) is -3.46. The number of nitrogens with two attached hydrogens (primary N) is 1. The van der Waals surface area contributed by atoms with E-state index in [9.17, 15) is 17.6 Å². The first kappa shape index (κ1) is 21.7. The summed E-state index contributed by atoms with van der Waals surface area (Å²) in [6.45, 7) is 0.918. The molecule has 0 atom stereocenters. The van der Waals surface area contributed by atoms with E-state index in [1.54, 1.807) is 0 Å². The zero-order chi connectivity index (χ0) is 17.6. The Hall–Kier alpha value is -1.38. The number of halogens is 2. The number of sulfonamides is 1. The molecule has 0 aliphatic carbocycles. The molecule has 0 unspecified atom stereocenters. The zero-order valence-electron chi connectivity index (χ0n) is 14.0. The number of nitrogens with one attached hydrogen (secondary N) is 1. The van der Waals surface area contributed by atoms with E-state index < -0.39 is 15.8 Å². The van der Waals surface area contributed by atoms with Gasteiger partial charge in [-0.2, -0.15) is 0 Å². The molecule has 1 amide bonds. The third-order valence-electron chi connectivity index (χ3n) is 3.96. The van der Waals surface area contributed by atoms with E-state index in [1.165, 1.54) is 18.2 Å². The molecule has 6 nitrogen and oxygen atoms in total. The molecule has 1 heterocycles. The number of benzene rings is 1. The average molecular weight is 394 g/mol. The standard InChI is InChI=1S/C16H24FN3O3S.ClH/c17-14-8-7-13(19-16(21)6-3-1-2-4-9-18)12-15(14)20-10-5-11-24(20,22)23;/h7-8,12H,1-6,9-11,18H2,(H,19,21);1H. The normalized spacial score (nSPS) is 15.7. The van der Waals surface area contributed by atoms with Crippen molar-refractivity contribution in [2.24, 2.45) is 5.73 Å². The van der Waals surface area contributed by atoms with Crippen molar-refractivity contribution in [1.82, 2.24) is 0 Å². The minimum atomic E-state index is -3.46. The first-order chi connectivity index (χ1) is 11.4. The maximum Gasteiger partial charge on any atom is 0.235 e. The molecule has 9 heteroatoms. The van der Waals surface area contributed by atoms with Gasteiger partial charge in [-0.3, -0.25) is 9.10 Å². The van der Waals surface area contributed by atoms with Gasteiger partial charge >= 0.3 is 0 Å². The van der Waals surface area contributed by atoms with Gasteiger partial charge < -0.3 is 11.1 Å². The maximum absolute atomic E-state index is 14.0. The van der Waals surface area contributed by atoms with Crippen molar-refractivity contribution in [3.8, 4) is 0 Å². The Labute approximate surface area is 154 Å². The fourth-order valence-electron chi connectivity index (χ4n) is 2.70. The van der Waals surface area contributed by atoms with Crippen molar-refractivity contribution in [3.05, 3.63) is 24.0 Å². The number of hydrogen-bond donors (Lipinski definition) is 2. The fourth-order valence-corrected chi connectivity index (χ4v) is 4.26. The van der Waals surface area contributed by atoms with E-state index in [1.807, 2.05) is 0 Å². The maximum atomic E-state index is 14.0. The van der Waals surface area contributed by atoms with Crippen molar-refractivity contribution >= 4 is 39.7 Å². The van der Waals surface area contributed by atoms with Crippen LogP contribution < -0.4 is 15.4 Å². The van der Waals surface area contributed by atoms with Gasteiger partial charge in [0.2, 0.25) is 15.9 Å². The lowest BCUT2D eigenvalue weighted by atomic mass is 10.1. The van der Waals surface area contributed by atoms with Crippen LogP contribution in [0.4, 0.5) is 15.8 Å². The highest BCUT2D eigenvalue weighted by atomic mass is 35.5. The van der Waals surface area contributed by atoms with E-state index in [2.05, 4.69) is 5.32 Å². The first-order valence-electron chi connectivity index (χ1n) is 8.24. The van der Waals surface area contributed by atoms with E-state index in [0.29, 0.717) is 25.1 Å². The van der Waals surface area contributed by atoms with Gasteiger partial charge in [-0.25, -0.2) is 12.8 Å². The van der Waals surface area contributed by atoms with Crippen molar-refractivity contribution in [2.75, 3.05) is 28.5 Å². The van der Waals surface area contributed by atoms with Crippen LogP contribution in [0.1, 0.15) is 38.5 Å². The molecule has 1 aliphatic rings. The summed E-state index contributed by atoms with van der Waals surface area (Å²) >= 11 is 0. The Morgan fingerprint density at radius 1 is 1.24 bits per heavy atom. The van der Waals surface area contributed by atoms with Gasteiger partial charge in [-0.15, -0.1) is 12.4 Å². The topological polar surface area (TPSA) is 92.5 Å². The van der Waals surface area contributed by atoms with Gasteiger partial charge in [0.25, 0.3) is 0 Å². The van der Waals surface area contributed by atoms with Crippen molar-refractivity contribution in [1.29, 1.82) is 0 Å². The molecule has 0 bridgehead atoms. The van der Waals surface area contributed by atoms with Gasteiger partial charge in [0.05, 0.1) is 11.4 Å². The van der Waals surface area contributed by atoms with E-state index in [0.717, 1.165) is 30.0 Å². The zero-order valence-corrected chi connectivity index (χ0v) is 15.7. The number of hydrogen-bond acceptors (Lipinski definition) is 4. The van der Waals surface area contributed by atoms with E-state index >= 15 is 0 Å². The second-order valence-electron chi connectivity index (χ2n) is 5.91. The predicted octanol–water partition coefficient (Wildman–Crippen LogP) is 2.64. The van der Waals surface area contributed by atoms with Crippen molar-refractivity contribution in [3.63, 3.8) is 0 Å². The van der Waals surface area contributed by atoms with Crippen molar-refractivity contribution < 1.29 is 17.6 Å². The highest BCUT2D eigenvalue weighted by Crippen LogP contribution is 2.29. The molecule has 1 fully saturated rings. The number of nitrogens with zero attached hydrogens (tertiary/aromatic N) is 1. The Balaban J connectivity index is 0.00000312. The summed E-state index contributed by atoms with van der Waals surface area (Å²) in [5.74, 6) is -0.754. The van der Waals surface area contributed by atoms with Crippen LogP contribution in [-0.4, -0.2) is 33.2 Å². The number of amides is 1. The van der Waals surface area contributed by atoms with Crippen LogP contribution in [0.3, 0.4) is 0 Å². The van der Waals surface area contributed by atoms with Crippen LogP contribution in [0.5, 0.6) is 0 Å². The smallest absolute Gasteiger partial charge is 0.235 e. The Morgan fingerprint density at radius 2 is 1.96 bits per heavy atom. The molecular formula is C16H25ClFN3O3S. The first-order valence-corrected chi connectivity index (χ1v) is 9.85. The molecule has 0 radical (unpaired) electrons. The molecule has 1 aromatic carbocycles. The lowest BCUT2D eigenvalue weighted by Gasteiger charge is -2.18. The largest absolute Gasteiger partial charge is 0.330 e. The van der Waals surface area contributed by atoms with Crippen LogP contribution in [0.15, 0.2) is 18.2 Å². The molecule has 3 N–H and O–H groups in total. The molecule has 2 rings (SSSR count). The third kappa shape index (κ3) is 6.13. The fraction of sp³-hybridized carbons (Fsp3) is 0.562. The Morgan fingerprint density at radius 3 is 2.60 bits per heavy atom. The second-order valence-corrected chi connectivity index (χ2v) is 7.92. The monoisotopic (exact) mass is 393 g/mol. The van der Waals surface area contributed by atoms with Gasteiger partial charge in [-0.1, -0.05) is 12.8 Å². The SMILES string of the molecule is Cl.NCCCCCCC(=O)Nc1ccc(F)c(N2CCCS2(=O)=O)c1. The average Bonchev–Trinajstić information content (AvgIpc) is 2.88. The minimum absolute atomic E-state index is 0. The van der Waals surface area contributed by atoms with Crippen LogP contribution in [0.25, 0.3) is 0 Å². The summed E-state index contributed by atoms with van der Waals surface area (Å²) in [6.07, 6.45) is 4.50. The van der Waals surface area contributed by atoms with Crippen LogP contribution in [0, 0.1) is 5.82 Å². The summed E-state index contributed by atoms with van der Waals surface area (Å²) in [4.78, 5) is 11.9. The van der Waals surface area contributed by atoms with Gasteiger partial charge in [-0.05, 0) is 44.0 Å². The summed E-state index contributed by atoms with van der Waals surface area (Å²) in [5.41, 5.74) is 5.81. The Bertz CT molecular complexity index is 685. The number of unbranched alkanes of at least 4 members (excludes halogenated alkanes) is 3. The lowest BCUT2D eigenvalue weighted by molar-refractivity contribution is -0.116. The highest BCUT2D eigenvalue weighted by molar-refractivity contribution is 7.93. The van der Waals surface area contributed by atoms with E-state index in [-0.39, 0.29) is 36.3 Å². The molecule has 0 saturated carbocycles. The van der Waals surface area contributed by atoms with Crippen LogP contribution in [-0.2, 0) is 14.8 Å². The highest BCUT2D eigenvalue weighted by Gasteiger charge is 2.30. The number of carbonyl (C=O) groups is 1. The molecule has 1 aromatic rings. The van der Waals surface area contributed by atoms with Crippen LogP contribution >= 0.6 is 12.4 Å². The Kier molecular flexibility index (Phi) is 8.61. The van der Waals surface area contributed by atoms with Crippen molar-refractivity contribution in [2.45, 2.75) is 38.5 Å². The summed E-state index contributed by atoms with van der Waals surface area (Å²) in [5, 5.41) is 2.70. The number of carbonyl (C=O) groups excluding carboxylic acids is 1. The lowest BCUT2D eigenvalue weighted by Crippen LogP contribution is -2.26. The molecule has 1 saturated heterocycles. The quantitative estimate of drug-likeness (QED) is 0.664. The van der Waals surface area contributed by atoms with Gasteiger partial charge in [0.1, 0.15) is 5.82 Å². The summed E-state index contributed by atoms with van der Waals surface area (Å²) < 4.78 is 38.9. The molecule has 0 spiro atoms. The molecule has 142 valence electrons. The minimum Gasteiger partial charge on any atom is -0.330 e. The van der Waals surface area contributed by atoms with Gasteiger partial charge in [0, 0.05) is 18.7 Å². The second kappa shape index (κ2) is 9.94. The van der Waals surface area contributed by atoms with Crippen LogP contribution in [0.2, 0.25) is 0 Å². The molecular weight excluding hydrogens is 369 g/mol. The number of anilines is 2. The molecule has 0 aromatic heterocycles. The molecule has 1 aliphatic heterocycles.